The number of thioether (sulfide) groups is 1. The van der Waals surface area contributed by atoms with Crippen LogP contribution in [0.25, 0.3) is 0 Å². The van der Waals surface area contributed by atoms with Gasteiger partial charge in [-0.1, -0.05) is 18.2 Å². The number of hydrogen-bond acceptors (Lipinski definition) is 5. The molecule has 150 valence electrons. The van der Waals surface area contributed by atoms with Crippen molar-refractivity contribution < 1.29 is 18.7 Å². The SMILES string of the molecule is N#CCCN(C(=O)COC(=O)CSc1ccc2c(c1)CCC2)c1ccccc1F. The topological polar surface area (TPSA) is 70.4 Å². The van der Waals surface area contributed by atoms with Crippen LogP contribution in [0.4, 0.5) is 10.1 Å². The first-order chi connectivity index (χ1) is 14.1. The van der Waals surface area contributed by atoms with Crippen LogP contribution in [0.15, 0.2) is 47.4 Å². The van der Waals surface area contributed by atoms with E-state index in [9.17, 15) is 14.0 Å². The number of carbonyl (C=O) groups excluding carboxylic acids is 2. The molecule has 7 heteroatoms. The Morgan fingerprint density at radius 3 is 2.76 bits per heavy atom. The van der Waals surface area contributed by atoms with E-state index < -0.39 is 24.3 Å². The van der Waals surface area contributed by atoms with E-state index in [0.717, 1.165) is 29.1 Å². The Kier molecular flexibility index (Phi) is 7.25. The molecule has 0 fully saturated rings. The van der Waals surface area contributed by atoms with E-state index in [1.165, 1.54) is 41.1 Å². The molecule has 0 saturated heterocycles. The van der Waals surface area contributed by atoms with Gasteiger partial charge >= 0.3 is 5.97 Å². The normalized spacial score (nSPS) is 12.1. The number of esters is 1. The first kappa shape index (κ1) is 20.9. The van der Waals surface area contributed by atoms with Crippen LogP contribution >= 0.6 is 11.8 Å². The Morgan fingerprint density at radius 2 is 1.97 bits per heavy atom. The summed E-state index contributed by atoms with van der Waals surface area (Å²) < 4.78 is 19.1. The molecule has 0 N–H and O–H groups in total. The highest BCUT2D eigenvalue weighted by atomic mass is 32.2. The minimum Gasteiger partial charge on any atom is -0.455 e. The minimum atomic E-state index is -0.572. The predicted molar refractivity (Wildman–Crippen MR) is 109 cm³/mol. The number of nitrogens with zero attached hydrogens (tertiary/aromatic N) is 2. The van der Waals surface area contributed by atoms with E-state index in [-0.39, 0.29) is 24.4 Å². The quantitative estimate of drug-likeness (QED) is 0.486. The van der Waals surface area contributed by atoms with Gasteiger partial charge in [-0.15, -0.1) is 11.8 Å². The van der Waals surface area contributed by atoms with E-state index >= 15 is 0 Å². The van der Waals surface area contributed by atoms with E-state index in [1.54, 1.807) is 6.07 Å². The van der Waals surface area contributed by atoms with E-state index in [0.29, 0.717) is 0 Å². The second-order valence-corrected chi connectivity index (χ2v) is 7.69. The smallest absolute Gasteiger partial charge is 0.316 e. The van der Waals surface area contributed by atoms with Gasteiger partial charge in [0.25, 0.3) is 5.91 Å². The molecule has 0 heterocycles. The molecule has 29 heavy (non-hydrogen) atoms. The minimum absolute atomic E-state index is 0.0255. The van der Waals surface area contributed by atoms with Crippen LogP contribution in [-0.4, -0.2) is 30.8 Å². The highest BCUT2D eigenvalue weighted by Crippen LogP contribution is 2.27. The van der Waals surface area contributed by atoms with Gasteiger partial charge in [-0.25, -0.2) is 4.39 Å². The summed E-state index contributed by atoms with van der Waals surface area (Å²) in [6, 6.07) is 13.9. The van der Waals surface area contributed by atoms with E-state index in [1.807, 2.05) is 12.1 Å². The van der Waals surface area contributed by atoms with Crippen LogP contribution < -0.4 is 4.90 Å². The number of ether oxygens (including phenoxy) is 1. The summed E-state index contributed by atoms with van der Waals surface area (Å²) in [6.07, 6.45) is 3.38. The average Bonchev–Trinajstić information content (AvgIpc) is 3.20. The van der Waals surface area contributed by atoms with Gasteiger partial charge in [0, 0.05) is 11.4 Å². The number of hydrogen-bond donors (Lipinski definition) is 0. The number of halogens is 1. The summed E-state index contributed by atoms with van der Waals surface area (Å²) >= 11 is 1.36. The molecule has 1 amide bonds. The summed E-state index contributed by atoms with van der Waals surface area (Å²) in [7, 11) is 0. The van der Waals surface area contributed by atoms with Crippen molar-refractivity contribution in [3.8, 4) is 6.07 Å². The molecule has 0 unspecified atom stereocenters. The zero-order valence-corrected chi connectivity index (χ0v) is 16.7. The van der Waals surface area contributed by atoms with E-state index in [2.05, 4.69) is 12.1 Å². The van der Waals surface area contributed by atoms with Crippen molar-refractivity contribution in [2.24, 2.45) is 0 Å². The highest BCUT2D eigenvalue weighted by Gasteiger charge is 2.20. The standard InChI is InChI=1S/C22H21FN2O3S/c23-19-7-1-2-8-20(19)25(12-4-11-24)21(26)14-28-22(27)15-29-18-10-9-16-5-3-6-17(16)13-18/h1-2,7-10,13H,3-6,12,14-15H2. The highest BCUT2D eigenvalue weighted by molar-refractivity contribution is 8.00. The number of para-hydroxylation sites is 1. The molecular weight excluding hydrogens is 391 g/mol. The van der Waals surface area contributed by atoms with Gasteiger partial charge in [-0.2, -0.15) is 5.26 Å². The molecule has 3 rings (SSSR count). The Morgan fingerprint density at radius 1 is 1.17 bits per heavy atom. The maximum atomic E-state index is 14.0. The van der Waals surface area contributed by atoms with Crippen molar-refractivity contribution in [1.29, 1.82) is 5.26 Å². The Balaban J connectivity index is 1.53. The molecular formula is C22H21FN2O3S. The second-order valence-electron chi connectivity index (χ2n) is 6.64. The molecule has 0 bridgehead atoms. The lowest BCUT2D eigenvalue weighted by Crippen LogP contribution is -2.36. The summed E-state index contributed by atoms with van der Waals surface area (Å²) in [5, 5.41) is 8.80. The molecule has 2 aromatic rings. The first-order valence-electron chi connectivity index (χ1n) is 9.40. The molecule has 1 aliphatic rings. The molecule has 0 radical (unpaired) electrons. The summed E-state index contributed by atoms with van der Waals surface area (Å²) in [4.78, 5) is 26.7. The summed E-state index contributed by atoms with van der Waals surface area (Å²) in [6.45, 7) is -0.471. The fourth-order valence-electron chi connectivity index (χ4n) is 3.25. The van der Waals surface area contributed by atoms with Crippen LogP contribution in [0.1, 0.15) is 24.0 Å². The van der Waals surface area contributed by atoms with Gasteiger partial charge in [0.05, 0.1) is 23.9 Å². The zero-order chi connectivity index (χ0) is 20.6. The Labute approximate surface area is 173 Å². The molecule has 0 atom stereocenters. The number of fused-ring (bicyclic) bond motifs is 1. The Bertz CT molecular complexity index is 942. The van der Waals surface area contributed by atoms with Gasteiger partial charge in [-0.05, 0) is 54.7 Å². The Hall–Kier alpha value is -2.85. The lowest BCUT2D eigenvalue weighted by molar-refractivity contribution is -0.145. The first-order valence-corrected chi connectivity index (χ1v) is 10.4. The molecule has 0 aromatic heterocycles. The lowest BCUT2D eigenvalue weighted by atomic mass is 10.1. The van der Waals surface area contributed by atoms with Gasteiger partial charge in [-0.3, -0.25) is 9.59 Å². The number of rotatable bonds is 8. The van der Waals surface area contributed by atoms with Crippen LogP contribution in [0.3, 0.4) is 0 Å². The van der Waals surface area contributed by atoms with E-state index in [4.69, 9.17) is 10.00 Å². The van der Waals surface area contributed by atoms with Crippen LogP contribution in [0.5, 0.6) is 0 Å². The van der Waals surface area contributed by atoms with Gasteiger partial charge in [0.2, 0.25) is 0 Å². The maximum Gasteiger partial charge on any atom is 0.316 e. The monoisotopic (exact) mass is 412 g/mol. The number of benzene rings is 2. The number of nitriles is 1. The van der Waals surface area contributed by atoms with Crippen LogP contribution in [0, 0.1) is 17.1 Å². The fraction of sp³-hybridized carbons (Fsp3) is 0.318. The third kappa shape index (κ3) is 5.58. The van der Waals surface area contributed by atoms with Crippen LogP contribution in [-0.2, 0) is 27.2 Å². The summed E-state index contributed by atoms with van der Waals surface area (Å²) in [5.41, 5.74) is 2.76. The third-order valence-corrected chi connectivity index (χ3v) is 5.64. The number of carbonyl (C=O) groups is 2. The van der Waals surface area contributed by atoms with Crippen molar-refractivity contribution in [1.82, 2.24) is 0 Å². The largest absolute Gasteiger partial charge is 0.455 e. The van der Waals surface area contributed by atoms with Crippen molar-refractivity contribution in [3.63, 3.8) is 0 Å². The molecule has 1 aliphatic carbocycles. The number of aryl methyl sites for hydroxylation is 2. The van der Waals surface area contributed by atoms with Crippen molar-refractivity contribution in [3.05, 3.63) is 59.4 Å². The van der Waals surface area contributed by atoms with Crippen molar-refractivity contribution in [2.45, 2.75) is 30.6 Å². The predicted octanol–water partition coefficient (Wildman–Crippen LogP) is 3.90. The number of anilines is 1. The van der Waals surface area contributed by atoms with Gasteiger partial charge in [0.1, 0.15) is 5.82 Å². The summed E-state index contributed by atoms with van der Waals surface area (Å²) in [5.74, 6) is -1.57. The van der Waals surface area contributed by atoms with Crippen LogP contribution in [0.2, 0.25) is 0 Å². The average molecular weight is 412 g/mol. The molecule has 2 aromatic carbocycles. The fourth-order valence-corrected chi connectivity index (χ4v) is 4.01. The third-order valence-electron chi connectivity index (χ3n) is 4.67. The van der Waals surface area contributed by atoms with Crippen molar-refractivity contribution in [2.75, 3.05) is 23.8 Å². The van der Waals surface area contributed by atoms with Gasteiger partial charge < -0.3 is 9.64 Å². The zero-order valence-electron chi connectivity index (χ0n) is 15.9. The lowest BCUT2D eigenvalue weighted by Gasteiger charge is -2.22. The molecule has 0 saturated carbocycles. The van der Waals surface area contributed by atoms with Gasteiger partial charge in [0.15, 0.2) is 6.61 Å². The molecule has 0 spiro atoms. The molecule has 5 nitrogen and oxygen atoms in total. The maximum absolute atomic E-state index is 14.0. The second kappa shape index (κ2) is 10.1. The molecule has 0 aliphatic heterocycles. The van der Waals surface area contributed by atoms with Crippen molar-refractivity contribution >= 4 is 29.3 Å². The number of amides is 1.